The zero-order valence-electron chi connectivity index (χ0n) is 9.22. The van der Waals surface area contributed by atoms with Crippen molar-refractivity contribution in [1.82, 2.24) is 5.43 Å². The second-order valence-electron chi connectivity index (χ2n) is 3.65. The molecule has 1 rings (SSSR count). The summed E-state index contributed by atoms with van der Waals surface area (Å²) in [6, 6.07) is 5.70. The molecule has 0 radical (unpaired) electrons. The van der Waals surface area contributed by atoms with Gasteiger partial charge in [0.1, 0.15) is 6.04 Å². The minimum atomic E-state index is -1.04. The molecule has 17 heavy (non-hydrogen) atoms. The summed E-state index contributed by atoms with van der Waals surface area (Å²) in [4.78, 5) is 22.0. The van der Waals surface area contributed by atoms with Crippen molar-refractivity contribution in [3.63, 3.8) is 0 Å². The van der Waals surface area contributed by atoms with Crippen LogP contribution in [0.3, 0.4) is 0 Å². The van der Waals surface area contributed by atoms with Gasteiger partial charge < -0.3 is 10.8 Å². The quantitative estimate of drug-likeness (QED) is 0.295. The molecule has 0 aromatic heterocycles. The number of ketones is 1. The Kier molecular flexibility index (Phi) is 4.77. The Labute approximate surface area is 98.6 Å². The van der Waals surface area contributed by atoms with Gasteiger partial charge in [-0.2, -0.15) is 0 Å². The van der Waals surface area contributed by atoms with Crippen LogP contribution in [0.4, 0.5) is 0 Å². The van der Waals surface area contributed by atoms with Gasteiger partial charge in [-0.25, -0.2) is 0 Å². The van der Waals surface area contributed by atoms with Gasteiger partial charge in [-0.15, -0.1) is 0 Å². The van der Waals surface area contributed by atoms with E-state index in [1.807, 2.05) is 0 Å². The summed E-state index contributed by atoms with van der Waals surface area (Å²) in [5.74, 6) is 3.88. The van der Waals surface area contributed by atoms with Crippen LogP contribution in [0.2, 0.25) is 0 Å². The molecule has 0 bridgehead atoms. The molecule has 0 spiro atoms. The van der Waals surface area contributed by atoms with Crippen molar-refractivity contribution < 1.29 is 14.7 Å². The molecular weight excluding hydrogens is 222 g/mol. The number of aliphatic carboxylic acids is 1. The number of rotatable bonds is 6. The predicted octanol–water partition coefficient (Wildman–Crippen LogP) is -0.713. The fraction of sp³-hybridized carbons (Fsp3) is 0.273. The number of hydrazine groups is 1. The molecule has 0 aliphatic rings. The van der Waals surface area contributed by atoms with Crippen LogP contribution in [0, 0.1) is 0 Å². The normalized spacial score (nSPS) is 12.1. The summed E-state index contributed by atoms with van der Waals surface area (Å²) in [6.07, 6.45) is 0.235. The Bertz CT molecular complexity index is 403. The molecule has 1 aromatic rings. The smallest absolute Gasteiger partial charge is 0.320 e. The van der Waals surface area contributed by atoms with Crippen molar-refractivity contribution in [3.05, 3.63) is 35.4 Å². The Morgan fingerprint density at radius 3 is 2.35 bits per heavy atom. The first kappa shape index (κ1) is 13.3. The zero-order chi connectivity index (χ0) is 12.8. The zero-order valence-corrected chi connectivity index (χ0v) is 9.22. The Morgan fingerprint density at radius 2 is 1.88 bits per heavy atom. The van der Waals surface area contributed by atoms with Crippen LogP contribution in [0.5, 0.6) is 0 Å². The minimum Gasteiger partial charge on any atom is -0.480 e. The van der Waals surface area contributed by atoms with Crippen molar-refractivity contribution in [1.29, 1.82) is 0 Å². The van der Waals surface area contributed by atoms with E-state index >= 15 is 0 Å². The number of carboxylic acids is 1. The van der Waals surface area contributed by atoms with Gasteiger partial charge in [0.2, 0.25) is 0 Å². The van der Waals surface area contributed by atoms with E-state index < -0.39 is 12.0 Å². The lowest BCUT2D eigenvalue weighted by Crippen LogP contribution is -2.32. The van der Waals surface area contributed by atoms with Crippen LogP contribution >= 0.6 is 0 Å². The lowest BCUT2D eigenvalue weighted by molar-refractivity contribution is -0.138. The monoisotopic (exact) mass is 237 g/mol. The highest BCUT2D eigenvalue weighted by Gasteiger charge is 2.12. The Hall–Kier alpha value is -1.76. The Balaban J connectivity index is 2.68. The molecule has 0 amide bonds. The van der Waals surface area contributed by atoms with E-state index in [0.29, 0.717) is 5.56 Å². The van der Waals surface area contributed by atoms with E-state index in [9.17, 15) is 9.59 Å². The van der Waals surface area contributed by atoms with E-state index in [-0.39, 0.29) is 18.7 Å². The highest BCUT2D eigenvalue weighted by molar-refractivity contribution is 5.97. The summed E-state index contributed by atoms with van der Waals surface area (Å²) in [5.41, 5.74) is 8.98. The van der Waals surface area contributed by atoms with E-state index in [1.165, 1.54) is 0 Å². The molecule has 0 aliphatic heterocycles. The molecule has 6 N–H and O–H groups in total. The molecule has 92 valence electrons. The summed E-state index contributed by atoms with van der Waals surface area (Å²) in [7, 11) is 0. The van der Waals surface area contributed by atoms with Crippen LogP contribution in [0.1, 0.15) is 15.9 Å². The maximum atomic E-state index is 11.4. The van der Waals surface area contributed by atoms with Gasteiger partial charge in [-0.3, -0.25) is 20.9 Å². The van der Waals surface area contributed by atoms with E-state index in [0.717, 1.165) is 5.56 Å². The number of nitrogens with one attached hydrogen (secondary N) is 1. The molecule has 0 aliphatic carbocycles. The average Bonchev–Trinajstić information content (AvgIpc) is 2.30. The van der Waals surface area contributed by atoms with Crippen LogP contribution in [-0.2, 0) is 11.2 Å². The van der Waals surface area contributed by atoms with Gasteiger partial charge in [0.15, 0.2) is 5.78 Å². The molecule has 0 fully saturated rings. The Morgan fingerprint density at radius 1 is 1.29 bits per heavy atom. The second kappa shape index (κ2) is 6.09. The number of hydrogen-bond acceptors (Lipinski definition) is 5. The third kappa shape index (κ3) is 3.95. The van der Waals surface area contributed by atoms with Gasteiger partial charge >= 0.3 is 5.97 Å². The van der Waals surface area contributed by atoms with Crippen LogP contribution in [-0.4, -0.2) is 29.4 Å². The van der Waals surface area contributed by atoms with Crippen LogP contribution < -0.4 is 17.0 Å². The number of hydrogen-bond donors (Lipinski definition) is 4. The van der Waals surface area contributed by atoms with Gasteiger partial charge in [-0.05, 0) is 12.0 Å². The van der Waals surface area contributed by atoms with Gasteiger partial charge in [-0.1, -0.05) is 24.3 Å². The molecule has 1 unspecified atom stereocenters. The molecule has 1 aromatic carbocycles. The van der Waals surface area contributed by atoms with Gasteiger partial charge in [0.05, 0.1) is 6.54 Å². The molecule has 6 heteroatoms. The largest absolute Gasteiger partial charge is 0.480 e. The van der Waals surface area contributed by atoms with Crippen molar-refractivity contribution in [2.24, 2.45) is 11.6 Å². The molecule has 6 nitrogen and oxygen atoms in total. The molecule has 0 saturated heterocycles. The molecule has 0 saturated carbocycles. The lowest BCUT2D eigenvalue weighted by Gasteiger charge is -2.07. The number of Topliss-reactive ketones (excluding diaryl/α,β-unsaturated/α-hetero) is 1. The van der Waals surface area contributed by atoms with E-state index in [4.69, 9.17) is 16.7 Å². The van der Waals surface area contributed by atoms with Crippen molar-refractivity contribution in [2.75, 3.05) is 6.54 Å². The summed E-state index contributed by atoms with van der Waals surface area (Å²) >= 11 is 0. The molecule has 0 heterocycles. The summed E-state index contributed by atoms with van der Waals surface area (Å²) in [5, 5.41) is 8.65. The number of carboxylic acid groups (broad SMARTS) is 1. The third-order valence-corrected chi connectivity index (χ3v) is 2.31. The highest BCUT2D eigenvalue weighted by atomic mass is 16.4. The highest BCUT2D eigenvalue weighted by Crippen LogP contribution is 2.07. The fourth-order valence-electron chi connectivity index (χ4n) is 1.36. The van der Waals surface area contributed by atoms with Gasteiger partial charge in [0, 0.05) is 5.56 Å². The van der Waals surface area contributed by atoms with Crippen molar-refractivity contribution in [2.45, 2.75) is 12.5 Å². The van der Waals surface area contributed by atoms with Crippen LogP contribution in [0.15, 0.2) is 24.3 Å². The first-order valence-electron chi connectivity index (χ1n) is 5.08. The number of carbonyl (C=O) groups excluding carboxylic acids is 1. The standard InChI is InChI=1S/C11H15N3O3/c12-9(11(16)17)5-7-1-3-8(4-2-7)10(15)6-14-13/h1-4,9,14H,5-6,12-13H2,(H,16,17). The number of nitrogens with two attached hydrogens (primary N) is 2. The topological polar surface area (TPSA) is 118 Å². The number of carbonyl (C=O) groups is 2. The van der Waals surface area contributed by atoms with Gasteiger partial charge in [0.25, 0.3) is 0 Å². The van der Waals surface area contributed by atoms with Crippen molar-refractivity contribution >= 4 is 11.8 Å². The summed E-state index contributed by atoms with van der Waals surface area (Å²) in [6.45, 7) is 0.0635. The first-order chi connectivity index (χ1) is 8.04. The first-order valence-corrected chi connectivity index (χ1v) is 5.08. The summed E-state index contributed by atoms with van der Waals surface area (Å²) < 4.78 is 0. The van der Waals surface area contributed by atoms with E-state index in [2.05, 4.69) is 5.43 Å². The number of benzene rings is 1. The maximum Gasteiger partial charge on any atom is 0.320 e. The molecule has 1 atom stereocenters. The van der Waals surface area contributed by atoms with Crippen molar-refractivity contribution in [3.8, 4) is 0 Å². The fourth-order valence-corrected chi connectivity index (χ4v) is 1.36. The predicted molar refractivity (Wildman–Crippen MR) is 62.3 cm³/mol. The van der Waals surface area contributed by atoms with E-state index in [1.54, 1.807) is 24.3 Å². The maximum absolute atomic E-state index is 11.4. The second-order valence-corrected chi connectivity index (χ2v) is 3.65. The third-order valence-electron chi connectivity index (χ3n) is 2.31. The lowest BCUT2D eigenvalue weighted by atomic mass is 10.0. The SMILES string of the molecule is NNCC(=O)c1ccc(CC(N)C(=O)O)cc1. The van der Waals surface area contributed by atoms with Crippen LogP contribution in [0.25, 0.3) is 0 Å². The minimum absolute atomic E-state index is 0.0635. The average molecular weight is 237 g/mol. The molecular formula is C11H15N3O3.